The van der Waals surface area contributed by atoms with Crippen LogP contribution in [0.1, 0.15) is 43.0 Å². The van der Waals surface area contributed by atoms with E-state index in [-0.39, 0.29) is 24.1 Å². The van der Waals surface area contributed by atoms with Gasteiger partial charge >= 0.3 is 5.97 Å². The molecule has 1 amide bonds. The topological polar surface area (TPSA) is 64.6 Å². The molecule has 1 aliphatic carbocycles. The molecule has 6 heteroatoms. The molecule has 1 fully saturated rings. The SMILES string of the molecule is COc1ccc(Cl)cc1C(=O)OCC(=O)NC1CCC(C)CC1. The molecule has 0 saturated heterocycles. The summed E-state index contributed by atoms with van der Waals surface area (Å²) in [6, 6.07) is 4.84. The lowest BCUT2D eigenvalue weighted by Crippen LogP contribution is -2.39. The monoisotopic (exact) mass is 339 g/mol. The number of amides is 1. The van der Waals surface area contributed by atoms with Crippen LogP contribution in [0.15, 0.2) is 18.2 Å². The zero-order valence-electron chi connectivity index (χ0n) is 13.4. The van der Waals surface area contributed by atoms with E-state index in [1.165, 1.54) is 13.2 Å². The second-order valence-corrected chi connectivity index (χ2v) is 6.38. The molecule has 0 spiro atoms. The van der Waals surface area contributed by atoms with E-state index in [1.54, 1.807) is 12.1 Å². The number of hydrogen-bond donors (Lipinski definition) is 1. The fraction of sp³-hybridized carbons (Fsp3) is 0.529. The van der Waals surface area contributed by atoms with Gasteiger partial charge in [0.1, 0.15) is 11.3 Å². The Labute approximate surface area is 141 Å². The number of methoxy groups -OCH3 is 1. The summed E-state index contributed by atoms with van der Waals surface area (Å²) >= 11 is 5.88. The first-order valence-electron chi connectivity index (χ1n) is 7.79. The number of rotatable bonds is 5. The molecule has 0 unspecified atom stereocenters. The third-order valence-electron chi connectivity index (χ3n) is 4.10. The number of hydrogen-bond acceptors (Lipinski definition) is 4. The number of benzene rings is 1. The summed E-state index contributed by atoms with van der Waals surface area (Å²) in [5.74, 6) is 0.174. The van der Waals surface area contributed by atoms with E-state index < -0.39 is 5.97 Å². The van der Waals surface area contributed by atoms with Crippen molar-refractivity contribution in [1.29, 1.82) is 0 Å². The normalized spacial score (nSPS) is 20.7. The van der Waals surface area contributed by atoms with Gasteiger partial charge in [-0.15, -0.1) is 0 Å². The summed E-state index contributed by atoms with van der Waals surface area (Å²) in [6.45, 7) is 1.92. The molecule has 0 aromatic heterocycles. The van der Waals surface area contributed by atoms with Crippen molar-refractivity contribution in [2.75, 3.05) is 13.7 Å². The van der Waals surface area contributed by atoms with Crippen LogP contribution in [0.4, 0.5) is 0 Å². The van der Waals surface area contributed by atoms with Crippen LogP contribution in [0.5, 0.6) is 5.75 Å². The van der Waals surface area contributed by atoms with E-state index in [2.05, 4.69) is 12.2 Å². The molecule has 0 atom stereocenters. The highest BCUT2D eigenvalue weighted by Gasteiger charge is 2.21. The highest BCUT2D eigenvalue weighted by molar-refractivity contribution is 6.31. The Hall–Kier alpha value is -1.75. The quantitative estimate of drug-likeness (QED) is 0.837. The van der Waals surface area contributed by atoms with Gasteiger partial charge in [0.2, 0.25) is 0 Å². The Morgan fingerprint density at radius 3 is 2.61 bits per heavy atom. The van der Waals surface area contributed by atoms with Crippen LogP contribution in [-0.4, -0.2) is 31.6 Å². The van der Waals surface area contributed by atoms with Crippen LogP contribution in [0, 0.1) is 5.92 Å². The molecule has 1 aromatic carbocycles. The number of halogens is 1. The maximum atomic E-state index is 12.1. The summed E-state index contributed by atoms with van der Waals surface area (Å²) < 4.78 is 10.2. The van der Waals surface area contributed by atoms with E-state index in [9.17, 15) is 9.59 Å². The van der Waals surface area contributed by atoms with E-state index in [1.807, 2.05) is 0 Å². The van der Waals surface area contributed by atoms with Crippen LogP contribution < -0.4 is 10.1 Å². The Balaban J connectivity index is 1.84. The predicted molar refractivity (Wildman–Crippen MR) is 87.8 cm³/mol. The van der Waals surface area contributed by atoms with Crippen molar-refractivity contribution < 1.29 is 19.1 Å². The lowest BCUT2D eigenvalue weighted by Gasteiger charge is -2.26. The smallest absolute Gasteiger partial charge is 0.342 e. The zero-order chi connectivity index (χ0) is 16.8. The standard InChI is InChI=1S/C17H22ClNO4/c1-11-3-6-13(7-4-11)19-16(20)10-23-17(21)14-9-12(18)5-8-15(14)22-2/h5,8-9,11,13H,3-4,6-7,10H2,1-2H3,(H,19,20). The fourth-order valence-corrected chi connectivity index (χ4v) is 2.89. The highest BCUT2D eigenvalue weighted by Crippen LogP contribution is 2.24. The minimum atomic E-state index is -0.628. The van der Waals surface area contributed by atoms with Crippen LogP contribution in [0.25, 0.3) is 0 Å². The largest absolute Gasteiger partial charge is 0.496 e. The highest BCUT2D eigenvalue weighted by atomic mass is 35.5. The first-order chi connectivity index (χ1) is 11.0. The third-order valence-corrected chi connectivity index (χ3v) is 4.33. The van der Waals surface area contributed by atoms with Gasteiger partial charge in [-0.05, 0) is 49.8 Å². The second kappa shape index (κ2) is 8.20. The third kappa shape index (κ3) is 5.13. The van der Waals surface area contributed by atoms with Gasteiger partial charge in [0, 0.05) is 11.1 Å². The molecule has 2 rings (SSSR count). The molecular weight excluding hydrogens is 318 g/mol. The number of carbonyl (C=O) groups excluding carboxylic acids is 2. The average molecular weight is 340 g/mol. The van der Waals surface area contributed by atoms with E-state index in [0.29, 0.717) is 10.8 Å². The predicted octanol–water partition coefficient (Wildman–Crippen LogP) is 3.20. The van der Waals surface area contributed by atoms with Crippen LogP contribution in [-0.2, 0) is 9.53 Å². The fourth-order valence-electron chi connectivity index (χ4n) is 2.72. The van der Waals surface area contributed by atoms with Gasteiger partial charge in [0.05, 0.1) is 7.11 Å². The number of ether oxygens (including phenoxy) is 2. The number of nitrogens with one attached hydrogen (secondary N) is 1. The summed E-state index contributed by atoms with van der Waals surface area (Å²) in [6.07, 6.45) is 4.18. The maximum absolute atomic E-state index is 12.1. The van der Waals surface area contributed by atoms with Crippen LogP contribution in [0.2, 0.25) is 5.02 Å². The van der Waals surface area contributed by atoms with Gasteiger partial charge in [-0.25, -0.2) is 4.79 Å². The molecule has 1 aromatic rings. The lowest BCUT2D eigenvalue weighted by molar-refractivity contribution is -0.125. The van der Waals surface area contributed by atoms with Crippen molar-refractivity contribution in [2.24, 2.45) is 5.92 Å². The Morgan fingerprint density at radius 2 is 1.96 bits per heavy atom. The van der Waals surface area contributed by atoms with Crippen molar-refractivity contribution in [2.45, 2.75) is 38.6 Å². The molecule has 0 heterocycles. The summed E-state index contributed by atoms with van der Waals surface area (Å²) in [5, 5.41) is 3.31. The van der Waals surface area contributed by atoms with E-state index in [0.717, 1.165) is 31.6 Å². The zero-order valence-corrected chi connectivity index (χ0v) is 14.2. The van der Waals surface area contributed by atoms with Crippen LogP contribution >= 0.6 is 11.6 Å². The molecule has 1 saturated carbocycles. The van der Waals surface area contributed by atoms with Gasteiger partial charge < -0.3 is 14.8 Å². The second-order valence-electron chi connectivity index (χ2n) is 5.95. The van der Waals surface area contributed by atoms with Gasteiger partial charge in [-0.1, -0.05) is 18.5 Å². The Kier molecular flexibility index (Phi) is 6.28. The van der Waals surface area contributed by atoms with E-state index in [4.69, 9.17) is 21.1 Å². The van der Waals surface area contributed by atoms with Crippen molar-refractivity contribution in [3.05, 3.63) is 28.8 Å². The number of carbonyl (C=O) groups is 2. The van der Waals surface area contributed by atoms with Crippen molar-refractivity contribution in [3.8, 4) is 5.75 Å². The summed E-state index contributed by atoms with van der Waals surface area (Å²) in [4.78, 5) is 24.0. The van der Waals surface area contributed by atoms with Gasteiger partial charge in [0.25, 0.3) is 5.91 Å². The van der Waals surface area contributed by atoms with Crippen molar-refractivity contribution >= 4 is 23.5 Å². The van der Waals surface area contributed by atoms with Gasteiger partial charge in [-0.2, -0.15) is 0 Å². The molecule has 126 valence electrons. The van der Waals surface area contributed by atoms with Crippen molar-refractivity contribution in [3.63, 3.8) is 0 Å². The minimum Gasteiger partial charge on any atom is -0.496 e. The van der Waals surface area contributed by atoms with Crippen LogP contribution in [0.3, 0.4) is 0 Å². The summed E-state index contributed by atoms with van der Waals surface area (Å²) in [7, 11) is 1.46. The first-order valence-corrected chi connectivity index (χ1v) is 8.17. The first kappa shape index (κ1) is 17.6. The average Bonchev–Trinajstić information content (AvgIpc) is 2.54. The minimum absolute atomic E-state index is 0.179. The summed E-state index contributed by atoms with van der Waals surface area (Å²) in [5.41, 5.74) is 0.208. The molecule has 1 N–H and O–H groups in total. The molecular formula is C17H22ClNO4. The maximum Gasteiger partial charge on any atom is 0.342 e. The molecule has 0 bridgehead atoms. The molecule has 5 nitrogen and oxygen atoms in total. The molecule has 0 radical (unpaired) electrons. The molecule has 1 aliphatic rings. The Bertz CT molecular complexity index is 568. The van der Waals surface area contributed by atoms with Gasteiger partial charge in [0.15, 0.2) is 6.61 Å². The van der Waals surface area contributed by atoms with Gasteiger partial charge in [-0.3, -0.25) is 4.79 Å². The number of esters is 1. The van der Waals surface area contributed by atoms with E-state index >= 15 is 0 Å². The lowest BCUT2D eigenvalue weighted by atomic mass is 9.87. The molecule has 23 heavy (non-hydrogen) atoms. The molecule has 0 aliphatic heterocycles. The van der Waals surface area contributed by atoms with Crippen molar-refractivity contribution in [1.82, 2.24) is 5.32 Å². The Morgan fingerprint density at radius 1 is 1.26 bits per heavy atom.